The maximum absolute atomic E-state index is 12.3. The summed E-state index contributed by atoms with van der Waals surface area (Å²) in [4.78, 5) is 30.5. The summed E-state index contributed by atoms with van der Waals surface area (Å²) in [6.07, 6.45) is 0. The van der Waals surface area contributed by atoms with Crippen molar-refractivity contribution < 1.29 is 4.79 Å². The molecule has 0 bridgehead atoms. The van der Waals surface area contributed by atoms with Crippen molar-refractivity contribution in [2.75, 3.05) is 0 Å². The molecular weight excluding hydrogens is 400 g/mol. The van der Waals surface area contributed by atoms with E-state index < -0.39 is 0 Å². The quantitative estimate of drug-likeness (QED) is 0.484. The Bertz CT molecular complexity index is 1150. The predicted octanol–water partition coefficient (Wildman–Crippen LogP) is 4.22. The van der Waals surface area contributed by atoms with Gasteiger partial charge in [0.1, 0.15) is 0 Å². The maximum Gasteiger partial charge on any atom is 0.315 e. The van der Waals surface area contributed by atoms with Crippen molar-refractivity contribution in [2.24, 2.45) is 0 Å². The number of hydrogen-bond donors (Lipinski definition) is 2. The van der Waals surface area contributed by atoms with Crippen LogP contribution in [-0.2, 0) is 13.1 Å². The van der Waals surface area contributed by atoms with Gasteiger partial charge in [0.15, 0.2) is 0 Å². The molecule has 0 aliphatic carbocycles. The minimum Gasteiger partial charge on any atom is -0.333 e. The first-order valence-corrected chi connectivity index (χ1v) is 10.4. The average Bonchev–Trinajstić information content (AvgIpc) is 2.82. The Kier molecular flexibility index (Phi) is 6.46. The number of amides is 2. The summed E-state index contributed by atoms with van der Waals surface area (Å²) in [6.45, 7) is 4.51. The molecule has 160 valence electrons. The van der Waals surface area contributed by atoms with Crippen LogP contribution in [0.4, 0.5) is 4.79 Å². The standard InChI is InChI=1S/C25H24N6O/c1-17-7-3-11-21(28-17)23-13-5-9-19(30-23)15-26-25(32)27-16-20-10-6-14-24(31-20)22-12-4-8-18(2)29-22/h3-14H,15-16H2,1-2H3,(H2,26,27,32). The van der Waals surface area contributed by atoms with Gasteiger partial charge in [0.2, 0.25) is 0 Å². The summed E-state index contributed by atoms with van der Waals surface area (Å²) < 4.78 is 0. The molecule has 4 aromatic heterocycles. The first-order chi connectivity index (χ1) is 15.6. The molecule has 0 aliphatic heterocycles. The number of carbonyl (C=O) groups is 1. The van der Waals surface area contributed by atoms with Gasteiger partial charge >= 0.3 is 6.03 Å². The van der Waals surface area contributed by atoms with Crippen LogP contribution >= 0.6 is 0 Å². The number of rotatable bonds is 6. The molecule has 7 nitrogen and oxygen atoms in total. The zero-order chi connectivity index (χ0) is 22.3. The van der Waals surface area contributed by atoms with Gasteiger partial charge < -0.3 is 10.6 Å². The Balaban J connectivity index is 1.33. The highest BCUT2D eigenvalue weighted by Gasteiger charge is 2.07. The monoisotopic (exact) mass is 424 g/mol. The number of urea groups is 1. The first kappa shape index (κ1) is 21.1. The SMILES string of the molecule is Cc1cccc(-c2cccc(CNC(=O)NCc3cccc(-c4cccc(C)n4)n3)n2)n1. The highest BCUT2D eigenvalue weighted by Crippen LogP contribution is 2.16. The van der Waals surface area contributed by atoms with Crippen molar-refractivity contribution in [1.82, 2.24) is 30.6 Å². The van der Waals surface area contributed by atoms with Crippen molar-refractivity contribution >= 4 is 6.03 Å². The van der Waals surface area contributed by atoms with Gasteiger partial charge in [0, 0.05) is 11.4 Å². The summed E-state index contributed by atoms with van der Waals surface area (Å²) in [7, 11) is 0. The van der Waals surface area contributed by atoms with Gasteiger partial charge in [-0.25, -0.2) is 14.8 Å². The molecule has 4 rings (SSSR count). The van der Waals surface area contributed by atoms with Crippen LogP contribution in [0.15, 0.2) is 72.8 Å². The number of hydrogen-bond acceptors (Lipinski definition) is 5. The Morgan fingerprint density at radius 1 is 0.594 bits per heavy atom. The lowest BCUT2D eigenvalue weighted by atomic mass is 10.2. The number of pyridine rings is 4. The van der Waals surface area contributed by atoms with Crippen LogP contribution in [0.2, 0.25) is 0 Å². The van der Waals surface area contributed by atoms with Crippen LogP contribution in [0.1, 0.15) is 22.8 Å². The molecule has 7 heteroatoms. The Hall–Kier alpha value is -4.13. The number of aromatic nitrogens is 4. The Morgan fingerprint density at radius 3 is 1.38 bits per heavy atom. The molecule has 0 radical (unpaired) electrons. The smallest absolute Gasteiger partial charge is 0.315 e. The molecule has 0 fully saturated rings. The van der Waals surface area contributed by atoms with Gasteiger partial charge in [-0.1, -0.05) is 24.3 Å². The van der Waals surface area contributed by atoms with Gasteiger partial charge in [-0.05, 0) is 62.4 Å². The van der Waals surface area contributed by atoms with Crippen LogP contribution in [0.5, 0.6) is 0 Å². The second kappa shape index (κ2) is 9.78. The van der Waals surface area contributed by atoms with E-state index in [0.29, 0.717) is 13.1 Å². The van der Waals surface area contributed by atoms with Crippen LogP contribution in [0, 0.1) is 13.8 Å². The topological polar surface area (TPSA) is 92.7 Å². The van der Waals surface area contributed by atoms with E-state index in [-0.39, 0.29) is 6.03 Å². The van der Waals surface area contributed by atoms with Crippen molar-refractivity contribution in [2.45, 2.75) is 26.9 Å². The van der Waals surface area contributed by atoms with Crippen molar-refractivity contribution in [3.8, 4) is 22.8 Å². The molecule has 0 atom stereocenters. The maximum atomic E-state index is 12.3. The highest BCUT2D eigenvalue weighted by molar-refractivity contribution is 5.73. The molecule has 0 aliphatic rings. The molecule has 32 heavy (non-hydrogen) atoms. The first-order valence-electron chi connectivity index (χ1n) is 10.4. The summed E-state index contributed by atoms with van der Waals surface area (Å²) in [6, 6.07) is 22.8. The van der Waals surface area contributed by atoms with E-state index in [1.54, 1.807) is 0 Å². The minimum absolute atomic E-state index is 0.285. The second-order valence-corrected chi connectivity index (χ2v) is 7.39. The summed E-state index contributed by atoms with van der Waals surface area (Å²) in [5.41, 5.74) is 6.55. The van der Waals surface area contributed by atoms with E-state index in [9.17, 15) is 4.79 Å². The van der Waals surface area contributed by atoms with E-state index in [2.05, 4.69) is 30.6 Å². The minimum atomic E-state index is -0.285. The lowest BCUT2D eigenvalue weighted by Gasteiger charge is -2.09. The van der Waals surface area contributed by atoms with Crippen molar-refractivity contribution in [1.29, 1.82) is 0 Å². The zero-order valence-electron chi connectivity index (χ0n) is 18.0. The second-order valence-electron chi connectivity index (χ2n) is 7.39. The van der Waals surface area contributed by atoms with Gasteiger partial charge in [0.05, 0.1) is 47.3 Å². The lowest BCUT2D eigenvalue weighted by molar-refractivity contribution is 0.240. The van der Waals surface area contributed by atoms with Crippen molar-refractivity contribution in [3.05, 3.63) is 95.6 Å². The largest absolute Gasteiger partial charge is 0.333 e. The average molecular weight is 425 g/mol. The molecule has 0 spiro atoms. The van der Waals surface area contributed by atoms with E-state index >= 15 is 0 Å². The van der Waals surface area contributed by atoms with Crippen LogP contribution in [0.3, 0.4) is 0 Å². The van der Waals surface area contributed by atoms with Crippen LogP contribution in [-0.4, -0.2) is 26.0 Å². The molecule has 4 aromatic rings. The van der Waals surface area contributed by atoms with Crippen LogP contribution < -0.4 is 10.6 Å². The summed E-state index contributed by atoms with van der Waals surface area (Å²) in [5, 5.41) is 5.68. The van der Waals surface area contributed by atoms with Gasteiger partial charge in [0.25, 0.3) is 0 Å². The Morgan fingerprint density at radius 2 is 0.969 bits per heavy atom. The fourth-order valence-electron chi connectivity index (χ4n) is 3.22. The van der Waals surface area contributed by atoms with E-state index in [1.165, 1.54) is 0 Å². The molecule has 2 amide bonds. The molecule has 0 saturated carbocycles. The fourth-order valence-corrected chi connectivity index (χ4v) is 3.22. The summed E-state index contributed by atoms with van der Waals surface area (Å²) >= 11 is 0. The number of aryl methyl sites for hydroxylation is 2. The normalized spacial score (nSPS) is 10.6. The lowest BCUT2D eigenvalue weighted by Crippen LogP contribution is -2.35. The van der Waals surface area contributed by atoms with E-state index in [1.807, 2.05) is 86.6 Å². The molecule has 2 N–H and O–H groups in total. The Labute approximate surface area is 187 Å². The van der Waals surface area contributed by atoms with Crippen LogP contribution in [0.25, 0.3) is 22.8 Å². The third-order valence-corrected chi connectivity index (χ3v) is 4.78. The van der Waals surface area contributed by atoms with Gasteiger partial charge in [-0.15, -0.1) is 0 Å². The number of carbonyl (C=O) groups excluding carboxylic acids is 1. The molecular formula is C25H24N6O. The van der Waals surface area contributed by atoms with E-state index in [0.717, 1.165) is 45.6 Å². The molecule has 0 aromatic carbocycles. The van der Waals surface area contributed by atoms with Gasteiger partial charge in [-0.3, -0.25) is 9.97 Å². The molecule has 0 unspecified atom stereocenters. The zero-order valence-corrected chi connectivity index (χ0v) is 18.0. The third kappa shape index (κ3) is 5.51. The van der Waals surface area contributed by atoms with Crippen molar-refractivity contribution in [3.63, 3.8) is 0 Å². The fraction of sp³-hybridized carbons (Fsp3) is 0.160. The molecule has 0 saturated heterocycles. The summed E-state index contributed by atoms with van der Waals surface area (Å²) in [5.74, 6) is 0. The molecule has 4 heterocycles. The van der Waals surface area contributed by atoms with Gasteiger partial charge in [-0.2, -0.15) is 0 Å². The third-order valence-electron chi connectivity index (χ3n) is 4.78. The highest BCUT2D eigenvalue weighted by atomic mass is 16.2. The van der Waals surface area contributed by atoms with E-state index in [4.69, 9.17) is 0 Å². The predicted molar refractivity (Wildman–Crippen MR) is 123 cm³/mol. The number of nitrogens with one attached hydrogen (secondary N) is 2. The number of nitrogens with zero attached hydrogens (tertiary/aromatic N) is 4.